The second-order valence-electron chi connectivity index (χ2n) is 5.44. The van der Waals surface area contributed by atoms with Gasteiger partial charge >= 0.3 is 0 Å². The van der Waals surface area contributed by atoms with E-state index in [1.807, 2.05) is 18.2 Å². The van der Waals surface area contributed by atoms with Crippen LogP contribution in [-0.4, -0.2) is 5.11 Å². The quantitative estimate of drug-likeness (QED) is 0.739. The summed E-state index contributed by atoms with van der Waals surface area (Å²) >= 11 is 11.9. The standard InChI is InChI=1S/C18H20Cl2O/c1-3-12(2)14-5-7-15(8-6-14)18(21)11-13-4-9-16(19)17(20)10-13/h4-10,12,18,21H,3,11H2,1-2H3. The van der Waals surface area contributed by atoms with Crippen LogP contribution in [0.5, 0.6) is 0 Å². The van der Waals surface area contributed by atoms with Gasteiger partial charge in [-0.05, 0) is 41.2 Å². The van der Waals surface area contributed by atoms with Gasteiger partial charge in [-0.2, -0.15) is 0 Å². The van der Waals surface area contributed by atoms with Crippen molar-refractivity contribution in [3.63, 3.8) is 0 Å². The Bertz CT molecular complexity index is 593. The van der Waals surface area contributed by atoms with Gasteiger partial charge in [0.25, 0.3) is 0 Å². The number of rotatable bonds is 5. The minimum Gasteiger partial charge on any atom is -0.388 e. The van der Waals surface area contributed by atoms with Crippen LogP contribution in [0.4, 0.5) is 0 Å². The van der Waals surface area contributed by atoms with Gasteiger partial charge in [0.15, 0.2) is 0 Å². The molecule has 0 spiro atoms. The lowest BCUT2D eigenvalue weighted by Gasteiger charge is -2.14. The largest absolute Gasteiger partial charge is 0.388 e. The second kappa shape index (κ2) is 7.31. The topological polar surface area (TPSA) is 20.2 Å². The van der Waals surface area contributed by atoms with Gasteiger partial charge in [-0.3, -0.25) is 0 Å². The summed E-state index contributed by atoms with van der Waals surface area (Å²) in [6.45, 7) is 4.39. The monoisotopic (exact) mass is 322 g/mol. The van der Waals surface area contributed by atoms with Crippen LogP contribution in [0.25, 0.3) is 0 Å². The van der Waals surface area contributed by atoms with E-state index in [-0.39, 0.29) is 0 Å². The molecule has 0 aliphatic rings. The lowest BCUT2D eigenvalue weighted by Crippen LogP contribution is -2.02. The molecule has 0 heterocycles. The molecule has 2 unspecified atom stereocenters. The molecule has 1 N–H and O–H groups in total. The highest BCUT2D eigenvalue weighted by atomic mass is 35.5. The molecule has 2 rings (SSSR count). The van der Waals surface area contributed by atoms with Crippen LogP contribution >= 0.6 is 23.2 Å². The Kier molecular flexibility index (Phi) is 5.69. The number of aliphatic hydroxyl groups is 1. The lowest BCUT2D eigenvalue weighted by molar-refractivity contribution is 0.178. The summed E-state index contributed by atoms with van der Waals surface area (Å²) in [7, 11) is 0. The first-order chi connectivity index (χ1) is 10.0. The van der Waals surface area contributed by atoms with Gasteiger partial charge in [0.1, 0.15) is 0 Å². The van der Waals surface area contributed by atoms with Gasteiger partial charge < -0.3 is 5.11 Å². The third-order valence-corrected chi connectivity index (χ3v) is 4.65. The fourth-order valence-electron chi connectivity index (χ4n) is 2.29. The smallest absolute Gasteiger partial charge is 0.0830 e. The van der Waals surface area contributed by atoms with E-state index >= 15 is 0 Å². The first-order valence-corrected chi connectivity index (χ1v) is 7.98. The Labute approximate surface area is 136 Å². The minimum absolute atomic E-state index is 0.522. The molecule has 0 aromatic heterocycles. The summed E-state index contributed by atoms with van der Waals surface area (Å²) in [6.07, 6.45) is 1.11. The van der Waals surface area contributed by atoms with E-state index < -0.39 is 6.10 Å². The van der Waals surface area contributed by atoms with Gasteiger partial charge in [0.2, 0.25) is 0 Å². The van der Waals surface area contributed by atoms with Crippen LogP contribution < -0.4 is 0 Å². The minimum atomic E-state index is -0.534. The highest BCUT2D eigenvalue weighted by molar-refractivity contribution is 6.42. The fourth-order valence-corrected chi connectivity index (χ4v) is 2.61. The van der Waals surface area contributed by atoms with Crippen LogP contribution in [0, 0.1) is 0 Å². The molecule has 0 bridgehead atoms. The van der Waals surface area contributed by atoms with Crippen LogP contribution in [0.2, 0.25) is 10.0 Å². The Hall–Kier alpha value is -1.02. The first-order valence-electron chi connectivity index (χ1n) is 7.23. The van der Waals surface area contributed by atoms with Crippen molar-refractivity contribution in [1.29, 1.82) is 0 Å². The van der Waals surface area contributed by atoms with Crippen molar-refractivity contribution < 1.29 is 5.11 Å². The SMILES string of the molecule is CCC(C)c1ccc(C(O)Cc2ccc(Cl)c(Cl)c2)cc1. The Morgan fingerprint density at radius 2 is 1.57 bits per heavy atom. The first kappa shape index (κ1) is 16.4. The van der Waals surface area contributed by atoms with Crippen molar-refractivity contribution in [3.8, 4) is 0 Å². The zero-order chi connectivity index (χ0) is 15.4. The lowest BCUT2D eigenvalue weighted by atomic mass is 9.95. The summed E-state index contributed by atoms with van der Waals surface area (Å²) in [5, 5.41) is 11.4. The fraction of sp³-hybridized carbons (Fsp3) is 0.333. The summed E-state index contributed by atoms with van der Waals surface area (Å²) in [6, 6.07) is 13.7. The van der Waals surface area contributed by atoms with Crippen molar-refractivity contribution in [2.45, 2.75) is 38.7 Å². The molecular weight excluding hydrogens is 303 g/mol. The normalized spacial score (nSPS) is 14.0. The number of hydrogen-bond acceptors (Lipinski definition) is 1. The molecule has 2 aromatic carbocycles. The summed E-state index contributed by atoms with van der Waals surface area (Å²) in [5.41, 5.74) is 3.21. The highest BCUT2D eigenvalue weighted by Crippen LogP contribution is 2.26. The van der Waals surface area contributed by atoms with Crippen LogP contribution in [0.1, 0.15) is 49.0 Å². The molecule has 0 amide bonds. The van der Waals surface area contributed by atoms with Gasteiger partial charge in [-0.1, -0.05) is 67.4 Å². The molecule has 1 nitrogen and oxygen atoms in total. The van der Waals surface area contributed by atoms with E-state index in [0.717, 1.165) is 17.5 Å². The molecule has 2 atom stereocenters. The van der Waals surface area contributed by atoms with Crippen LogP contribution in [-0.2, 0) is 6.42 Å². The second-order valence-corrected chi connectivity index (χ2v) is 6.26. The Morgan fingerprint density at radius 3 is 2.14 bits per heavy atom. The zero-order valence-electron chi connectivity index (χ0n) is 12.3. The highest BCUT2D eigenvalue weighted by Gasteiger charge is 2.11. The van der Waals surface area contributed by atoms with Crippen molar-refractivity contribution in [1.82, 2.24) is 0 Å². The Morgan fingerprint density at radius 1 is 0.952 bits per heavy atom. The van der Waals surface area contributed by atoms with E-state index in [2.05, 4.69) is 26.0 Å². The predicted molar refractivity (Wildman–Crippen MR) is 90.3 cm³/mol. The number of halogens is 2. The maximum Gasteiger partial charge on any atom is 0.0830 e. The van der Waals surface area contributed by atoms with Gasteiger partial charge in [0.05, 0.1) is 16.1 Å². The molecule has 21 heavy (non-hydrogen) atoms. The molecule has 0 aliphatic carbocycles. The Balaban J connectivity index is 2.09. The molecule has 0 saturated carbocycles. The van der Waals surface area contributed by atoms with Gasteiger partial charge in [-0.25, -0.2) is 0 Å². The third kappa shape index (κ3) is 4.23. The van der Waals surface area contributed by atoms with Gasteiger partial charge in [-0.15, -0.1) is 0 Å². The average Bonchev–Trinajstić information content (AvgIpc) is 2.50. The summed E-state index contributed by atoms with van der Waals surface area (Å²) in [5.74, 6) is 0.547. The molecule has 0 aliphatic heterocycles. The summed E-state index contributed by atoms with van der Waals surface area (Å²) < 4.78 is 0. The molecule has 0 fully saturated rings. The maximum absolute atomic E-state index is 10.3. The number of aliphatic hydroxyl groups excluding tert-OH is 1. The molecule has 112 valence electrons. The molecule has 0 radical (unpaired) electrons. The third-order valence-electron chi connectivity index (χ3n) is 3.92. The van der Waals surface area contributed by atoms with E-state index in [0.29, 0.717) is 22.4 Å². The zero-order valence-corrected chi connectivity index (χ0v) is 13.8. The number of benzene rings is 2. The molecular formula is C18H20Cl2O. The van der Waals surface area contributed by atoms with E-state index in [1.54, 1.807) is 12.1 Å². The van der Waals surface area contributed by atoms with Crippen LogP contribution in [0.15, 0.2) is 42.5 Å². The summed E-state index contributed by atoms with van der Waals surface area (Å²) in [4.78, 5) is 0. The van der Waals surface area contributed by atoms with Crippen molar-refractivity contribution in [2.75, 3.05) is 0 Å². The number of hydrogen-bond donors (Lipinski definition) is 1. The van der Waals surface area contributed by atoms with E-state index in [9.17, 15) is 5.11 Å². The molecule has 2 aromatic rings. The van der Waals surface area contributed by atoms with E-state index in [1.165, 1.54) is 5.56 Å². The average molecular weight is 323 g/mol. The van der Waals surface area contributed by atoms with Crippen molar-refractivity contribution >= 4 is 23.2 Å². The van der Waals surface area contributed by atoms with E-state index in [4.69, 9.17) is 23.2 Å². The van der Waals surface area contributed by atoms with Crippen molar-refractivity contribution in [3.05, 3.63) is 69.2 Å². The maximum atomic E-state index is 10.3. The molecule has 3 heteroatoms. The van der Waals surface area contributed by atoms with Crippen molar-refractivity contribution in [2.24, 2.45) is 0 Å². The molecule has 0 saturated heterocycles. The predicted octanol–water partition coefficient (Wildman–Crippen LogP) is 5.78. The van der Waals surface area contributed by atoms with Crippen LogP contribution in [0.3, 0.4) is 0 Å². The van der Waals surface area contributed by atoms with Gasteiger partial charge in [0, 0.05) is 6.42 Å².